The third-order valence-electron chi connectivity index (χ3n) is 1.36. The lowest BCUT2D eigenvalue weighted by atomic mass is 10.3. The Hall–Kier alpha value is -0.830. The first kappa shape index (κ1) is 14.2. The topological polar surface area (TPSA) is 96.0 Å². The zero-order chi connectivity index (χ0) is 12.1. The van der Waals surface area contributed by atoms with Crippen molar-refractivity contribution in [3.63, 3.8) is 0 Å². The molecule has 90 valence electrons. The highest BCUT2D eigenvalue weighted by Crippen LogP contribution is 2.21. The summed E-state index contributed by atoms with van der Waals surface area (Å²) < 4.78 is 58.9. The lowest BCUT2D eigenvalue weighted by Crippen LogP contribution is -2.34. The Balaban J connectivity index is 3.90. The van der Waals surface area contributed by atoms with Gasteiger partial charge < -0.3 is 5.73 Å². The van der Waals surface area contributed by atoms with Crippen molar-refractivity contribution in [3.8, 4) is 0 Å². The van der Waals surface area contributed by atoms with E-state index in [-0.39, 0.29) is 6.54 Å². The number of nitrogens with one attached hydrogen (secondary N) is 2. The molecule has 0 spiro atoms. The first-order valence-corrected chi connectivity index (χ1v) is 5.64. The number of nitrogens with two attached hydrogens (primary N) is 1. The molecule has 0 atom stereocenters. The van der Waals surface area contributed by atoms with Crippen molar-refractivity contribution in [1.82, 2.24) is 4.72 Å². The number of amidine groups is 1. The normalized spacial score (nSPS) is 12.7. The minimum Gasteiger partial charge on any atom is -0.387 e. The van der Waals surface area contributed by atoms with Gasteiger partial charge in [-0.15, -0.1) is 0 Å². The van der Waals surface area contributed by atoms with Gasteiger partial charge in [-0.3, -0.25) is 5.41 Å². The molecule has 0 amide bonds. The van der Waals surface area contributed by atoms with Gasteiger partial charge in [0.25, 0.3) is 0 Å². The van der Waals surface area contributed by atoms with Crippen molar-refractivity contribution in [1.29, 1.82) is 5.41 Å². The van der Waals surface area contributed by atoms with Gasteiger partial charge in [0.15, 0.2) is 0 Å². The van der Waals surface area contributed by atoms with Crippen molar-refractivity contribution < 1.29 is 21.6 Å². The zero-order valence-corrected chi connectivity index (χ0v) is 8.58. The van der Waals surface area contributed by atoms with Crippen LogP contribution < -0.4 is 10.5 Å². The van der Waals surface area contributed by atoms with E-state index < -0.39 is 40.6 Å². The molecule has 0 rings (SSSR count). The fourth-order valence-corrected chi connectivity index (χ4v) is 1.77. The van der Waals surface area contributed by atoms with E-state index in [0.29, 0.717) is 0 Å². The molecule has 4 N–H and O–H groups in total. The van der Waals surface area contributed by atoms with E-state index in [1.807, 2.05) is 4.72 Å². The number of rotatable bonds is 6. The summed E-state index contributed by atoms with van der Waals surface area (Å²) in [4.78, 5) is 0. The summed E-state index contributed by atoms with van der Waals surface area (Å²) in [6.45, 7) is -0.381. The third-order valence-corrected chi connectivity index (χ3v) is 2.77. The van der Waals surface area contributed by atoms with Crippen molar-refractivity contribution >= 4 is 15.9 Å². The highest BCUT2D eigenvalue weighted by atomic mass is 32.2. The molecule has 0 radical (unpaired) electrons. The van der Waals surface area contributed by atoms with Crippen LogP contribution in [-0.2, 0) is 10.0 Å². The van der Waals surface area contributed by atoms with E-state index in [1.165, 1.54) is 0 Å². The van der Waals surface area contributed by atoms with E-state index in [1.54, 1.807) is 0 Å². The van der Waals surface area contributed by atoms with Gasteiger partial charge in [0.05, 0.1) is 12.3 Å². The van der Waals surface area contributed by atoms with Gasteiger partial charge in [0, 0.05) is 6.42 Å². The quantitative estimate of drug-likeness (QED) is 0.461. The smallest absolute Gasteiger partial charge is 0.387 e. The largest absolute Gasteiger partial charge is 0.389 e. The first-order valence-electron chi connectivity index (χ1n) is 3.99. The summed E-state index contributed by atoms with van der Waals surface area (Å²) >= 11 is 0. The predicted molar refractivity (Wildman–Crippen MR) is 49.0 cm³/mol. The number of alkyl halides is 3. The summed E-state index contributed by atoms with van der Waals surface area (Å²) in [5.74, 6) is -1.02. The lowest BCUT2D eigenvalue weighted by molar-refractivity contribution is -0.134. The Labute approximate surface area is 85.4 Å². The highest BCUT2D eigenvalue weighted by Gasteiger charge is 2.27. The number of hydrogen-bond donors (Lipinski definition) is 3. The molecular formula is C6H12F3N3O2S. The van der Waals surface area contributed by atoms with Gasteiger partial charge in [0.1, 0.15) is 5.84 Å². The minimum atomic E-state index is -4.35. The van der Waals surface area contributed by atoms with Crippen molar-refractivity contribution in [2.45, 2.75) is 19.0 Å². The molecular weight excluding hydrogens is 235 g/mol. The van der Waals surface area contributed by atoms with Gasteiger partial charge >= 0.3 is 6.18 Å². The lowest BCUT2D eigenvalue weighted by Gasteiger charge is -2.07. The molecule has 0 aliphatic heterocycles. The maximum absolute atomic E-state index is 11.7. The molecule has 0 heterocycles. The van der Waals surface area contributed by atoms with Gasteiger partial charge in [0.2, 0.25) is 10.0 Å². The first-order chi connectivity index (χ1) is 6.62. The molecule has 5 nitrogen and oxygen atoms in total. The van der Waals surface area contributed by atoms with Gasteiger partial charge in [-0.1, -0.05) is 0 Å². The maximum atomic E-state index is 11.7. The molecule has 0 fully saturated rings. The monoisotopic (exact) mass is 247 g/mol. The molecule has 0 saturated carbocycles. The maximum Gasteiger partial charge on any atom is 0.389 e. The van der Waals surface area contributed by atoms with Crippen LogP contribution in [0.1, 0.15) is 12.8 Å². The van der Waals surface area contributed by atoms with Crippen LogP contribution in [0.25, 0.3) is 0 Å². The predicted octanol–water partition coefficient (Wildman–Crippen LogP) is 0.184. The minimum absolute atomic E-state index is 0.381. The van der Waals surface area contributed by atoms with Crippen LogP contribution in [0.2, 0.25) is 0 Å². The van der Waals surface area contributed by atoms with Crippen molar-refractivity contribution in [3.05, 3.63) is 0 Å². The molecule has 0 unspecified atom stereocenters. The molecule has 9 heteroatoms. The molecule has 0 saturated heterocycles. The second kappa shape index (κ2) is 5.31. The Morgan fingerprint density at radius 1 is 1.40 bits per heavy atom. The molecule has 0 aromatic rings. The second-order valence-electron chi connectivity index (χ2n) is 2.88. The number of hydrogen-bond acceptors (Lipinski definition) is 3. The molecule has 0 aromatic carbocycles. The molecule has 0 aliphatic rings. The van der Waals surface area contributed by atoms with Gasteiger partial charge in [-0.05, 0) is 6.42 Å². The van der Waals surface area contributed by atoms with E-state index in [2.05, 4.69) is 0 Å². The van der Waals surface area contributed by atoms with Crippen molar-refractivity contribution in [2.24, 2.45) is 5.73 Å². The van der Waals surface area contributed by atoms with Crippen LogP contribution in [-0.4, -0.2) is 32.7 Å². The van der Waals surface area contributed by atoms with Crippen LogP contribution in [0.3, 0.4) is 0 Å². The summed E-state index contributed by atoms with van der Waals surface area (Å²) in [7, 11) is -3.77. The Morgan fingerprint density at radius 2 is 1.93 bits per heavy atom. The van der Waals surface area contributed by atoms with Gasteiger partial charge in [-0.25, -0.2) is 13.1 Å². The van der Waals surface area contributed by atoms with Crippen LogP contribution in [0, 0.1) is 5.41 Å². The summed E-state index contributed by atoms with van der Waals surface area (Å²) in [6.07, 6.45) is -6.00. The van der Waals surface area contributed by atoms with Crippen LogP contribution in [0.5, 0.6) is 0 Å². The summed E-state index contributed by atoms with van der Waals surface area (Å²) in [5, 5.41) is 6.72. The molecule has 0 aromatic heterocycles. The average molecular weight is 247 g/mol. The van der Waals surface area contributed by atoms with E-state index in [9.17, 15) is 21.6 Å². The number of sulfonamides is 1. The average Bonchev–Trinajstić information content (AvgIpc) is 1.98. The Kier molecular flexibility index (Phi) is 5.01. The van der Waals surface area contributed by atoms with E-state index in [0.717, 1.165) is 0 Å². The SMILES string of the molecule is N=C(N)CNS(=O)(=O)CCCC(F)(F)F. The molecule has 0 aliphatic carbocycles. The highest BCUT2D eigenvalue weighted by molar-refractivity contribution is 7.89. The standard InChI is InChI=1S/C6H12F3N3O2S/c7-6(8,9)2-1-3-15(13,14)12-4-5(10)11/h12H,1-4H2,(H3,10,11). The van der Waals surface area contributed by atoms with E-state index >= 15 is 0 Å². The molecule has 15 heavy (non-hydrogen) atoms. The second-order valence-corrected chi connectivity index (χ2v) is 4.81. The summed E-state index contributed by atoms with van der Waals surface area (Å²) in [5.41, 5.74) is 4.87. The fourth-order valence-electron chi connectivity index (χ4n) is 0.723. The third kappa shape index (κ3) is 9.47. The number of halogens is 3. The molecule has 0 bridgehead atoms. The van der Waals surface area contributed by atoms with E-state index in [4.69, 9.17) is 11.1 Å². The summed E-state index contributed by atoms with van der Waals surface area (Å²) in [6, 6.07) is 0. The van der Waals surface area contributed by atoms with Crippen molar-refractivity contribution in [2.75, 3.05) is 12.3 Å². The van der Waals surface area contributed by atoms with Crippen LogP contribution in [0.4, 0.5) is 13.2 Å². The van der Waals surface area contributed by atoms with Crippen LogP contribution >= 0.6 is 0 Å². The Morgan fingerprint density at radius 3 is 2.33 bits per heavy atom. The Bertz CT molecular complexity index is 312. The van der Waals surface area contributed by atoms with Crippen LogP contribution in [0.15, 0.2) is 0 Å². The zero-order valence-electron chi connectivity index (χ0n) is 7.76. The fraction of sp³-hybridized carbons (Fsp3) is 0.833. The van der Waals surface area contributed by atoms with Gasteiger partial charge in [-0.2, -0.15) is 13.2 Å².